The van der Waals surface area contributed by atoms with Crippen LogP contribution in [0.5, 0.6) is 0 Å². The highest BCUT2D eigenvalue weighted by atomic mass is 32.1. The third kappa shape index (κ3) is 6.66. The molecule has 4 rings (SSSR count). The van der Waals surface area contributed by atoms with Gasteiger partial charge in [-0.25, -0.2) is 4.98 Å². The van der Waals surface area contributed by atoms with Gasteiger partial charge in [0.25, 0.3) is 5.91 Å². The Morgan fingerprint density at radius 3 is 2.34 bits per heavy atom. The van der Waals surface area contributed by atoms with Gasteiger partial charge >= 0.3 is 5.97 Å². The van der Waals surface area contributed by atoms with Crippen molar-refractivity contribution in [3.05, 3.63) is 99.9 Å². The zero-order valence-electron chi connectivity index (χ0n) is 22.2. The highest BCUT2D eigenvalue weighted by Crippen LogP contribution is 2.35. The van der Waals surface area contributed by atoms with Gasteiger partial charge in [0, 0.05) is 28.7 Å². The Labute approximate surface area is 228 Å². The van der Waals surface area contributed by atoms with E-state index in [1.165, 1.54) is 16.7 Å². The molecule has 3 aromatic carbocycles. The smallest absolute Gasteiger partial charge is 0.305 e. The molecule has 0 radical (unpaired) electrons. The first-order valence-electron chi connectivity index (χ1n) is 12.7. The van der Waals surface area contributed by atoms with E-state index < -0.39 is 5.97 Å². The Hall–Kier alpha value is -3.97. The molecule has 1 heterocycles. The fourth-order valence-corrected chi connectivity index (χ4v) is 5.10. The molecule has 0 bridgehead atoms. The summed E-state index contributed by atoms with van der Waals surface area (Å²) < 4.78 is 0. The second kappa shape index (κ2) is 12.0. The lowest BCUT2D eigenvalue weighted by molar-refractivity contribution is -0.136. The number of hydrogen-bond donors (Lipinski definition) is 2. The SMILES string of the molecule is Cc1ccc(-c2csc(N(Cc3ccc(C(=O)NCCC(=O)O)cc3)c3ccc(C(C)C)cc3)n2)c(C)c1. The van der Waals surface area contributed by atoms with E-state index in [-0.39, 0.29) is 18.9 Å². The lowest BCUT2D eigenvalue weighted by Gasteiger charge is -2.23. The Balaban J connectivity index is 1.60. The van der Waals surface area contributed by atoms with Crippen LogP contribution in [0.1, 0.15) is 58.8 Å². The van der Waals surface area contributed by atoms with E-state index in [0.717, 1.165) is 27.6 Å². The van der Waals surface area contributed by atoms with Crippen LogP contribution in [0.15, 0.2) is 72.1 Å². The minimum absolute atomic E-state index is 0.100. The van der Waals surface area contributed by atoms with Crippen molar-refractivity contribution < 1.29 is 14.7 Å². The number of nitrogens with zero attached hydrogens (tertiary/aromatic N) is 2. The van der Waals surface area contributed by atoms with Gasteiger partial charge in [0.15, 0.2) is 5.13 Å². The van der Waals surface area contributed by atoms with Crippen LogP contribution in [0.3, 0.4) is 0 Å². The minimum Gasteiger partial charge on any atom is -0.481 e. The number of aliphatic carboxylic acids is 1. The third-order valence-corrected chi connectivity index (χ3v) is 7.30. The molecule has 0 spiro atoms. The fraction of sp³-hybridized carbons (Fsp3) is 0.258. The van der Waals surface area contributed by atoms with Crippen LogP contribution >= 0.6 is 11.3 Å². The Bertz CT molecular complexity index is 1410. The second-order valence-electron chi connectivity index (χ2n) is 9.76. The largest absolute Gasteiger partial charge is 0.481 e. The molecule has 196 valence electrons. The van der Waals surface area contributed by atoms with Crippen molar-refractivity contribution in [1.82, 2.24) is 10.3 Å². The maximum Gasteiger partial charge on any atom is 0.305 e. The van der Waals surface area contributed by atoms with Gasteiger partial charge in [-0.3, -0.25) is 9.59 Å². The average Bonchev–Trinajstić information content (AvgIpc) is 3.37. The number of benzene rings is 3. The van der Waals surface area contributed by atoms with Crippen molar-refractivity contribution in [3.63, 3.8) is 0 Å². The summed E-state index contributed by atoms with van der Waals surface area (Å²) in [5, 5.41) is 14.4. The summed E-state index contributed by atoms with van der Waals surface area (Å²) in [6.45, 7) is 9.26. The molecule has 38 heavy (non-hydrogen) atoms. The summed E-state index contributed by atoms with van der Waals surface area (Å²) in [6.07, 6.45) is -0.105. The van der Waals surface area contributed by atoms with Crippen molar-refractivity contribution in [2.75, 3.05) is 11.4 Å². The monoisotopic (exact) mass is 527 g/mol. The van der Waals surface area contributed by atoms with E-state index in [0.29, 0.717) is 18.0 Å². The normalized spacial score (nSPS) is 11.0. The van der Waals surface area contributed by atoms with Gasteiger partial charge in [0.2, 0.25) is 0 Å². The fourth-order valence-electron chi connectivity index (χ4n) is 4.25. The molecule has 0 aliphatic rings. The summed E-state index contributed by atoms with van der Waals surface area (Å²) in [6, 6.07) is 22.4. The first-order valence-corrected chi connectivity index (χ1v) is 13.6. The first kappa shape index (κ1) is 27.1. The number of anilines is 2. The van der Waals surface area contributed by atoms with Gasteiger partial charge < -0.3 is 15.3 Å². The number of nitrogens with one attached hydrogen (secondary N) is 1. The van der Waals surface area contributed by atoms with Gasteiger partial charge in [-0.1, -0.05) is 61.9 Å². The molecule has 1 aromatic heterocycles. The third-order valence-electron chi connectivity index (χ3n) is 6.43. The van der Waals surface area contributed by atoms with Gasteiger partial charge in [-0.15, -0.1) is 11.3 Å². The molecule has 0 fully saturated rings. The van der Waals surface area contributed by atoms with E-state index in [2.05, 4.69) is 85.8 Å². The van der Waals surface area contributed by atoms with Crippen LogP contribution < -0.4 is 10.2 Å². The van der Waals surface area contributed by atoms with E-state index in [1.807, 2.05) is 12.1 Å². The predicted molar refractivity (Wildman–Crippen MR) is 154 cm³/mol. The molecule has 0 aliphatic heterocycles. The summed E-state index contributed by atoms with van der Waals surface area (Å²) in [4.78, 5) is 30.3. The average molecular weight is 528 g/mol. The van der Waals surface area contributed by atoms with Gasteiger partial charge in [-0.2, -0.15) is 0 Å². The van der Waals surface area contributed by atoms with Crippen molar-refractivity contribution in [2.24, 2.45) is 0 Å². The van der Waals surface area contributed by atoms with E-state index in [1.54, 1.807) is 23.5 Å². The maximum atomic E-state index is 12.4. The lowest BCUT2D eigenvalue weighted by Crippen LogP contribution is -2.26. The van der Waals surface area contributed by atoms with Crippen molar-refractivity contribution in [2.45, 2.75) is 46.6 Å². The Morgan fingerprint density at radius 2 is 1.71 bits per heavy atom. The highest BCUT2D eigenvalue weighted by molar-refractivity contribution is 7.14. The Kier molecular flexibility index (Phi) is 8.59. The molecule has 2 N–H and O–H groups in total. The topological polar surface area (TPSA) is 82.5 Å². The summed E-state index contributed by atoms with van der Waals surface area (Å²) >= 11 is 1.61. The van der Waals surface area contributed by atoms with Crippen molar-refractivity contribution in [1.29, 1.82) is 0 Å². The van der Waals surface area contributed by atoms with Crippen LogP contribution in [-0.4, -0.2) is 28.5 Å². The zero-order valence-corrected chi connectivity index (χ0v) is 23.0. The molecule has 1 amide bonds. The summed E-state index contributed by atoms with van der Waals surface area (Å²) in [7, 11) is 0. The molecule has 0 saturated carbocycles. The number of amides is 1. The standard InChI is InChI=1S/C31H33N3O3S/c1-20(2)24-10-12-26(13-11-24)34(31-33-28(19-38-31)27-14-5-21(3)17-22(27)4)18-23-6-8-25(9-7-23)30(37)32-16-15-29(35)36/h5-14,17,19-20H,15-16,18H2,1-4H3,(H,32,37)(H,35,36). The Morgan fingerprint density at radius 1 is 1.00 bits per heavy atom. The molecule has 0 unspecified atom stereocenters. The number of aryl methyl sites for hydroxylation is 2. The van der Waals surface area contributed by atoms with Crippen LogP contribution in [-0.2, 0) is 11.3 Å². The van der Waals surface area contributed by atoms with Crippen LogP contribution in [0.25, 0.3) is 11.3 Å². The van der Waals surface area contributed by atoms with E-state index in [4.69, 9.17) is 10.1 Å². The molecular formula is C31H33N3O3S. The minimum atomic E-state index is -0.940. The summed E-state index contributed by atoms with van der Waals surface area (Å²) in [5.41, 5.74) is 8.38. The van der Waals surface area contributed by atoms with Crippen molar-refractivity contribution in [3.8, 4) is 11.3 Å². The number of rotatable bonds is 10. The number of thiazole rings is 1. The van der Waals surface area contributed by atoms with E-state index in [9.17, 15) is 9.59 Å². The second-order valence-corrected chi connectivity index (χ2v) is 10.6. The number of hydrogen-bond acceptors (Lipinski definition) is 5. The van der Waals surface area contributed by atoms with Crippen LogP contribution in [0, 0.1) is 13.8 Å². The van der Waals surface area contributed by atoms with Gasteiger partial charge in [0.1, 0.15) is 0 Å². The number of carbonyl (C=O) groups excluding carboxylic acids is 1. The highest BCUT2D eigenvalue weighted by Gasteiger charge is 2.17. The zero-order chi connectivity index (χ0) is 27.2. The molecule has 4 aromatic rings. The number of carboxylic acid groups (broad SMARTS) is 1. The maximum absolute atomic E-state index is 12.4. The predicted octanol–water partition coefficient (Wildman–Crippen LogP) is 7.09. The van der Waals surface area contributed by atoms with Gasteiger partial charge in [-0.05, 0) is 60.7 Å². The van der Waals surface area contributed by atoms with Gasteiger partial charge in [0.05, 0.1) is 18.7 Å². The van der Waals surface area contributed by atoms with E-state index >= 15 is 0 Å². The number of carboxylic acids is 1. The molecule has 0 atom stereocenters. The first-order chi connectivity index (χ1) is 18.2. The van der Waals surface area contributed by atoms with Crippen LogP contribution in [0.4, 0.5) is 10.8 Å². The molecular weight excluding hydrogens is 494 g/mol. The molecule has 0 aliphatic carbocycles. The van der Waals surface area contributed by atoms with Crippen molar-refractivity contribution >= 4 is 34.0 Å². The molecule has 0 saturated heterocycles. The number of carbonyl (C=O) groups is 2. The molecule has 6 nitrogen and oxygen atoms in total. The summed E-state index contributed by atoms with van der Waals surface area (Å²) in [5.74, 6) is -0.773. The number of aromatic nitrogens is 1. The van der Waals surface area contributed by atoms with Crippen LogP contribution in [0.2, 0.25) is 0 Å². The lowest BCUT2D eigenvalue weighted by atomic mass is 10.0. The molecule has 7 heteroatoms. The quantitative estimate of drug-likeness (QED) is 0.230.